The molecule has 0 radical (unpaired) electrons. The highest BCUT2D eigenvalue weighted by molar-refractivity contribution is 6.06. The van der Waals surface area contributed by atoms with Crippen molar-refractivity contribution >= 4 is 36.3 Å². The Labute approximate surface area is 210 Å². The second kappa shape index (κ2) is 15.7. The van der Waals surface area contributed by atoms with E-state index in [0.29, 0.717) is 51.6 Å². The first-order chi connectivity index (χ1) is 17.5. The van der Waals surface area contributed by atoms with Crippen molar-refractivity contribution in [1.29, 1.82) is 0 Å². The van der Waals surface area contributed by atoms with Gasteiger partial charge in [0.15, 0.2) is 0 Å². The predicted molar refractivity (Wildman–Crippen MR) is 128 cm³/mol. The number of amides is 6. The van der Waals surface area contributed by atoms with Crippen LogP contribution in [-0.2, 0) is 14.4 Å². The van der Waals surface area contributed by atoms with E-state index >= 15 is 0 Å². The Kier molecular flexibility index (Phi) is 12.6. The van der Waals surface area contributed by atoms with Gasteiger partial charge in [0, 0.05) is 19.5 Å². The molecule has 1 unspecified atom stereocenters. The van der Waals surface area contributed by atoms with Gasteiger partial charge in [-0.3, -0.25) is 0 Å². The average Bonchev–Trinajstić information content (AvgIpc) is 3.09. The number of quaternary nitrogens is 1. The Balaban J connectivity index is 2.19. The van der Waals surface area contributed by atoms with Gasteiger partial charge in [0.25, 0.3) is 0 Å². The fourth-order valence-corrected chi connectivity index (χ4v) is 4.83. The van der Waals surface area contributed by atoms with E-state index in [2.05, 4.69) is 15.0 Å². The SMILES string of the molecule is O=C=NCCCCCCN1C(=O)N(CCCCCCN=C=O)C(=O)[N+]2(CCCCCC2N=C=O)C1=O. The fraction of sp³-hybridized carbons (Fsp3) is 0.750. The molecule has 2 aliphatic rings. The molecule has 0 N–H and O–H groups in total. The van der Waals surface area contributed by atoms with E-state index in [1.807, 2.05) is 0 Å². The molecule has 12 heteroatoms. The van der Waals surface area contributed by atoms with Gasteiger partial charge in [0.05, 0.1) is 19.6 Å². The summed E-state index contributed by atoms with van der Waals surface area (Å²) in [5.74, 6) is 0. The molecule has 0 aromatic heterocycles. The highest BCUT2D eigenvalue weighted by Crippen LogP contribution is 2.34. The van der Waals surface area contributed by atoms with Crippen LogP contribution in [0.3, 0.4) is 0 Å². The molecular weight excluding hydrogens is 468 g/mol. The molecule has 6 amide bonds. The van der Waals surface area contributed by atoms with Crippen LogP contribution in [0.1, 0.15) is 77.0 Å². The van der Waals surface area contributed by atoms with Crippen molar-refractivity contribution in [3.63, 3.8) is 0 Å². The minimum absolute atomic E-state index is 0.152. The summed E-state index contributed by atoms with van der Waals surface area (Å²) in [6.45, 7) is 1.26. The molecule has 2 rings (SSSR count). The smallest absolute Gasteiger partial charge is 0.247 e. The molecule has 1 atom stereocenters. The van der Waals surface area contributed by atoms with Gasteiger partial charge in [-0.25, -0.2) is 48.6 Å². The largest absolute Gasteiger partial charge is 0.438 e. The van der Waals surface area contributed by atoms with Crippen molar-refractivity contribution in [2.75, 3.05) is 32.7 Å². The zero-order valence-electron chi connectivity index (χ0n) is 20.7. The predicted octanol–water partition coefficient (Wildman–Crippen LogP) is 3.81. The Hall–Kier alpha value is -3.29. The maximum absolute atomic E-state index is 13.7. The number of aliphatic imine (C=N–C) groups is 3. The molecule has 0 aromatic carbocycles. The minimum atomic E-state index is -0.898. The van der Waals surface area contributed by atoms with Crippen molar-refractivity contribution in [2.45, 2.75) is 83.2 Å². The van der Waals surface area contributed by atoms with Gasteiger partial charge in [-0.15, -0.1) is 9.48 Å². The van der Waals surface area contributed by atoms with Crippen LogP contribution in [0.5, 0.6) is 0 Å². The highest BCUT2D eigenvalue weighted by Gasteiger charge is 2.62. The number of hydrogen-bond acceptors (Lipinski definition) is 9. The van der Waals surface area contributed by atoms with Crippen molar-refractivity contribution in [3.8, 4) is 0 Å². The number of imide groups is 3. The lowest BCUT2D eigenvalue weighted by Crippen LogP contribution is -2.76. The normalized spacial score (nSPS) is 22.0. The van der Waals surface area contributed by atoms with Gasteiger partial charge in [0.1, 0.15) is 0 Å². The first-order valence-corrected chi connectivity index (χ1v) is 12.7. The van der Waals surface area contributed by atoms with E-state index in [9.17, 15) is 28.8 Å². The lowest BCUT2D eigenvalue weighted by Gasteiger charge is -2.45. The topological polar surface area (TPSA) is 146 Å². The lowest BCUT2D eigenvalue weighted by atomic mass is 10.1. The molecule has 36 heavy (non-hydrogen) atoms. The number of unbranched alkanes of at least 4 members (excludes halogenated alkanes) is 6. The van der Waals surface area contributed by atoms with Crippen LogP contribution in [0.4, 0.5) is 14.4 Å². The van der Waals surface area contributed by atoms with Crippen molar-refractivity contribution in [2.24, 2.45) is 15.0 Å². The Morgan fingerprint density at radius 2 is 1.22 bits per heavy atom. The molecule has 0 bridgehead atoms. The quantitative estimate of drug-likeness (QED) is 0.144. The van der Waals surface area contributed by atoms with E-state index in [0.717, 1.165) is 48.3 Å². The molecule has 0 aromatic rings. The van der Waals surface area contributed by atoms with E-state index < -0.39 is 28.7 Å². The monoisotopic (exact) mass is 503 g/mol. The first kappa shape index (κ1) is 28.9. The summed E-state index contributed by atoms with van der Waals surface area (Å²) in [5, 5.41) is 0. The number of hydrogen-bond donors (Lipinski definition) is 0. The van der Waals surface area contributed by atoms with Crippen LogP contribution in [0, 0.1) is 0 Å². The van der Waals surface area contributed by atoms with E-state index in [-0.39, 0.29) is 19.6 Å². The van der Waals surface area contributed by atoms with Crippen molar-refractivity contribution in [3.05, 3.63) is 0 Å². The van der Waals surface area contributed by atoms with Crippen molar-refractivity contribution < 1.29 is 33.3 Å². The molecule has 0 saturated carbocycles. The Morgan fingerprint density at radius 3 is 1.72 bits per heavy atom. The fourth-order valence-electron chi connectivity index (χ4n) is 4.83. The third-order valence-corrected chi connectivity index (χ3v) is 6.72. The summed E-state index contributed by atoms with van der Waals surface area (Å²) in [5.41, 5.74) is 0. The summed E-state index contributed by atoms with van der Waals surface area (Å²) in [4.78, 5) is 85.5. The van der Waals surface area contributed by atoms with Gasteiger partial charge in [-0.2, -0.15) is 0 Å². The van der Waals surface area contributed by atoms with Crippen LogP contribution >= 0.6 is 0 Å². The number of carbonyl (C=O) groups is 3. The zero-order chi connectivity index (χ0) is 26.2. The molecule has 2 aliphatic heterocycles. The molecule has 196 valence electrons. The van der Waals surface area contributed by atoms with Crippen LogP contribution in [0.15, 0.2) is 15.0 Å². The average molecular weight is 504 g/mol. The number of nitrogens with zero attached hydrogens (tertiary/aromatic N) is 6. The second-order valence-electron chi connectivity index (χ2n) is 9.07. The summed E-state index contributed by atoms with van der Waals surface area (Å²) in [6, 6.07) is -1.88. The summed E-state index contributed by atoms with van der Waals surface area (Å²) in [6.07, 6.45) is 11.6. The Bertz CT molecular complexity index is 868. The third kappa shape index (κ3) is 7.35. The minimum Gasteiger partial charge on any atom is -0.247 e. The molecule has 2 saturated heterocycles. The third-order valence-electron chi connectivity index (χ3n) is 6.72. The summed E-state index contributed by atoms with van der Waals surface area (Å²) in [7, 11) is 0. The van der Waals surface area contributed by atoms with Crippen LogP contribution in [-0.4, -0.2) is 89.5 Å². The van der Waals surface area contributed by atoms with Crippen LogP contribution < -0.4 is 0 Å². The summed E-state index contributed by atoms with van der Waals surface area (Å²) >= 11 is 0. The van der Waals surface area contributed by atoms with E-state index in [1.165, 1.54) is 18.2 Å². The van der Waals surface area contributed by atoms with E-state index in [1.54, 1.807) is 0 Å². The molecule has 2 heterocycles. The number of rotatable bonds is 15. The lowest BCUT2D eigenvalue weighted by molar-refractivity contribution is -0.803. The van der Waals surface area contributed by atoms with Gasteiger partial charge in [-0.1, -0.05) is 25.7 Å². The highest BCUT2D eigenvalue weighted by atomic mass is 16.2. The molecule has 12 nitrogen and oxygen atoms in total. The van der Waals surface area contributed by atoms with E-state index in [4.69, 9.17) is 0 Å². The van der Waals surface area contributed by atoms with Gasteiger partial charge < -0.3 is 0 Å². The van der Waals surface area contributed by atoms with Gasteiger partial charge in [0.2, 0.25) is 24.4 Å². The van der Waals surface area contributed by atoms with Gasteiger partial charge >= 0.3 is 18.1 Å². The number of urea groups is 3. The second-order valence-corrected chi connectivity index (χ2v) is 9.07. The number of isocyanates is 3. The maximum Gasteiger partial charge on any atom is 0.438 e. The van der Waals surface area contributed by atoms with Crippen LogP contribution in [0.2, 0.25) is 0 Å². The van der Waals surface area contributed by atoms with Crippen molar-refractivity contribution in [1.82, 2.24) is 9.80 Å². The van der Waals surface area contributed by atoms with Crippen LogP contribution in [0.25, 0.3) is 0 Å². The Morgan fingerprint density at radius 1 is 0.694 bits per heavy atom. The standard InChI is InChI=1S/C24H35N6O6/c31-18-25-13-7-1-3-9-15-28-22(34)29(16-10-4-2-8-14-26-19-32)24(36)30(23(28)35)17-11-5-6-12-21(30)27-20-33/h21H,1-17H2/q+1. The van der Waals surface area contributed by atoms with Gasteiger partial charge in [-0.05, 0) is 44.9 Å². The summed E-state index contributed by atoms with van der Waals surface area (Å²) < 4.78 is -0.678. The molecule has 0 aliphatic carbocycles. The molecule has 2 fully saturated rings. The number of carbonyl (C=O) groups excluding carboxylic acids is 6. The molecule has 1 spiro atoms. The zero-order valence-corrected chi connectivity index (χ0v) is 20.7. The first-order valence-electron chi connectivity index (χ1n) is 12.7. The molecular formula is C24H35N6O6+. The maximum atomic E-state index is 13.7.